The van der Waals surface area contributed by atoms with Crippen LogP contribution in [0.1, 0.15) is 11.1 Å². The van der Waals surface area contributed by atoms with Gasteiger partial charge in [0.1, 0.15) is 5.76 Å². The van der Waals surface area contributed by atoms with Gasteiger partial charge in [0.2, 0.25) is 0 Å². The van der Waals surface area contributed by atoms with Gasteiger partial charge < -0.3 is 5.11 Å². The highest BCUT2D eigenvalue weighted by Crippen LogP contribution is 2.21. The van der Waals surface area contributed by atoms with E-state index in [2.05, 4.69) is 36.4 Å². The Kier molecular flexibility index (Phi) is 1.50. The van der Waals surface area contributed by atoms with E-state index in [1.807, 2.05) is 12.1 Å². The van der Waals surface area contributed by atoms with E-state index in [1.165, 1.54) is 15.7 Å². The lowest BCUT2D eigenvalue weighted by Gasteiger charge is -2.01. The van der Waals surface area contributed by atoms with Crippen molar-refractivity contribution in [3.63, 3.8) is 0 Å². The van der Waals surface area contributed by atoms with Gasteiger partial charge in [-0.3, -0.25) is 0 Å². The molecule has 2 aromatic rings. The van der Waals surface area contributed by atoms with Crippen molar-refractivity contribution < 1.29 is 5.11 Å². The molecule has 0 heterocycles. The first-order chi connectivity index (χ1) is 8.34. The molecule has 0 fully saturated rings. The zero-order valence-electron chi connectivity index (χ0n) is 9.14. The molecular formula is C16H10O. The molecule has 0 saturated carbocycles. The Morgan fingerprint density at radius 1 is 0.765 bits per heavy atom. The maximum Gasteiger partial charge on any atom is 0.124 e. The molecule has 0 spiro atoms. The van der Waals surface area contributed by atoms with E-state index in [0.29, 0.717) is 5.76 Å². The quantitative estimate of drug-likeness (QED) is 0.610. The molecule has 80 valence electrons. The number of aliphatic hydroxyl groups is 1. The third-order valence-electron chi connectivity index (χ3n) is 3.51. The highest BCUT2D eigenvalue weighted by atomic mass is 16.3. The predicted molar refractivity (Wildman–Crippen MR) is 68.4 cm³/mol. The Bertz CT molecular complexity index is 886. The maximum atomic E-state index is 9.93. The third kappa shape index (κ3) is 1.03. The first-order valence-electron chi connectivity index (χ1n) is 5.70. The standard InChI is InChI=1S/C16H10O/c17-15-8-6-10-5-7-13-12-4-2-1-3-11(12)9-14(13)16(10)15/h1-9,17H. The van der Waals surface area contributed by atoms with Gasteiger partial charge in [0.15, 0.2) is 0 Å². The van der Waals surface area contributed by atoms with Gasteiger partial charge in [-0.25, -0.2) is 0 Å². The smallest absolute Gasteiger partial charge is 0.124 e. The van der Waals surface area contributed by atoms with Crippen molar-refractivity contribution in [1.29, 1.82) is 0 Å². The maximum absolute atomic E-state index is 9.93. The van der Waals surface area contributed by atoms with E-state index >= 15 is 0 Å². The summed E-state index contributed by atoms with van der Waals surface area (Å²) in [4.78, 5) is 0. The second-order valence-electron chi connectivity index (χ2n) is 4.44. The first kappa shape index (κ1) is 8.82. The highest BCUT2D eigenvalue weighted by molar-refractivity contribution is 5.80. The van der Waals surface area contributed by atoms with Gasteiger partial charge in [0.25, 0.3) is 0 Å². The minimum absolute atomic E-state index is 0.376. The summed E-state index contributed by atoms with van der Waals surface area (Å²) >= 11 is 0. The average Bonchev–Trinajstić information content (AvgIpc) is 2.90. The van der Waals surface area contributed by atoms with Gasteiger partial charge in [-0.05, 0) is 38.6 Å². The molecule has 0 unspecified atom stereocenters. The molecule has 2 aliphatic carbocycles. The fourth-order valence-corrected chi connectivity index (χ4v) is 2.72. The zero-order valence-corrected chi connectivity index (χ0v) is 9.14. The molecule has 1 N–H and O–H groups in total. The molecule has 0 amide bonds. The minimum Gasteiger partial charge on any atom is -0.507 e. The summed E-state index contributed by atoms with van der Waals surface area (Å²) in [6.45, 7) is 0. The summed E-state index contributed by atoms with van der Waals surface area (Å²) in [5.74, 6) is 0.376. The molecule has 17 heavy (non-hydrogen) atoms. The third-order valence-corrected chi connectivity index (χ3v) is 3.51. The molecule has 2 aromatic carbocycles. The van der Waals surface area contributed by atoms with Crippen LogP contribution in [0.5, 0.6) is 0 Å². The highest BCUT2D eigenvalue weighted by Gasteiger charge is 2.14. The topological polar surface area (TPSA) is 20.2 Å². The van der Waals surface area contributed by atoms with E-state index in [4.69, 9.17) is 0 Å². The Hall–Kier alpha value is -2.28. The molecule has 0 aliphatic heterocycles. The van der Waals surface area contributed by atoms with E-state index in [0.717, 1.165) is 16.3 Å². The minimum atomic E-state index is 0.376. The first-order valence-corrected chi connectivity index (χ1v) is 5.70. The molecule has 0 atom stereocenters. The van der Waals surface area contributed by atoms with Crippen molar-refractivity contribution in [2.75, 3.05) is 0 Å². The molecular weight excluding hydrogens is 208 g/mol. The molecule has 4 rings (SSSR count). The van der Waals surface area contributed by atoms with Crippen LogP contribution in [0.4, 0.5) is 0 Å². The van der Waals surface area contributed by atoms with Crippen LogP contribution in [0.2, 0.25) is 0 Å². The number of fused-ring (bicyclic) bond motifs is 4. The molecule has 1 nitrogen and oxygen atoms in total. The molecule has 0 radical (unpaired) electrons. The Morgan fingerprint density at radius 2 is 1.65 bits per heavy atom. The number of allylic oxidation sites excluding steroid dienone is 1. The van der Waals surface area contributed by atoms with Crippen molar-refractivity contribution in [2.24, 2.45) is 0 Å². The zero-order chi connectivity index (χ0) is 11.4. The summed E-state index contributed by atoms with van der Waals surface area (Å²) in [5.41, 5.74) is 2.12. The fraction of sp³-hybridized carbons (Fsp3) is 0. The normalized spacial score (nSPS) is 14.2. The largest absolute Gasteiger partial charge is 0.507 e. The average molecular weight is 218 g/mol. The number of hydrogen-bond donors (Lipinski definition) is 1. The van der Waals surface area contributed by atoms with Crippen LogP contribution in [-0.4, -0.2) is 5.11 Å². The van der Waals surface area contributed by atoms with E-state index in [-0.39, 0.29) is 0 Å². The van der Waals surface area contributed by atoms with Crippen molar-refractivity contribution >= 4 is 17.9 Å². The molecule has 0 bridgehead atoms. The van der Waals surface area contributed by atoms with Crippen molar-refractivity contribution in [3.8, 4) is 0 Å². The number of rotatable bonds is 0. The lowest BCUT2D eigenvalue weighted by atomic mass is 10.0. The van der Waals surface area contributed by atoms with Gasteiger partial charge in [0, 0.05) is 5.56 Å². The van der Waals surface area contributed by atoms with Gasteiger partial charge in [-0.15, -0.1) is 0 Å². The summed E-state index contributed by atoms with van der Waals surface area (Å²) in [6.07, 6.45) is 5.89. The predicted octanol–water partition coefficient (Wildman–Crippen LogP) is 1.81. The van der Waals surface area contributed by atoms with Crippen LogP contribution in [0.3, 0.4) is 0 Å². The molecule has 0 aromatic heterocycles. The van der Waals surface area contributed by atoms with Gasteiger partial charge >= 0.3 is 0 Å². The Morgan fingerprint density at radius 3 is 2.59 bits per heavy atom. The number of aliphatic hydroxyl groups excluding tert-OH is 1. The van der Waals surface area contributed by atoms with Crippen molar-refractivity contribution in [1.82, 2.24) is 0 Å². The van der Waals surface area contributed by atoms with Crippen LogP contribution in [-0.2, 0) is 0 Å². The summed E-state index contributed by atoms with van der Waals surface area (Å²) in [5, 5.41) is 14.7. The van der Waals surface area contributed by atoms with Crippen molar-refractivity contribution in [2.45, 2.75) is 0 Å². The second kappa shape index (κ2) is 2.89. The lowest BCUT2D eigenvalue weighted by molar-refractivity contribution is 0.513. The van der Waals surface area contributed by atoms with E-state index in [9.17, 15) is 5.11 Å². The van der Waals surface area contributed by atoms with E-state index in [1.54, 1.807) is 6.08 Å². The monoisotopic (exact) mass is 218 g/mol. The van der Waals surface area contributed by atoms with Crippen LogP contribution < -0.4 is 10.4 Å². The Labute approximate surface area is 98.0 Å². The van der Waals surface area contributed by atoms with Crippen LogP contribution >= 0.6 is 0 Å². The molecule has 1 heteroatoms. The molecule has 2 aliphatic rings. The molecule has 0 saturated heterocycles. The second-order valence-corrected chi connectivity index (χ2v) is 4.44. The van der Waals surface area contributed by atoms with Crippen LogP contribution in [0.25, 0.3) is 17.9 Å². The fourth-order valence-electron chi connectivity index (χ4n) is 2.72. The van der Waals surface area contributed by atoms with Gasteiger partial charge in [0.05, 0.1) is 0 Å². The summed E-state index contributed by atoms with van der Waals surface area (Å²) < 4.78 is 0. The van der Waals surface area contributed by atoms with Crippen molar-refractivity contribution in [3.05, 3.63) is 74.5 Å². The Balaban J connectivity index is 2.31. The SMILES string of the molecule is OC1=CC=c2ccc3c(c21)C=c1ccccc1=3. The van der Waals surface area contributed by atoms with Crippen LogP contribution in [0, 0.1) is 10.4 Å². The summed E-state index contributed by atoms with van der Waals surface area (Å²) in [7, 11) is 0. The number of benzene rings is 2. The van der Waals surface area contributed by atoms with Gasteiger partial charge in [-0.1, -0.05) is 42.5 Å². The summed E-state index contributed by atoms with van der Waals surface area (Å²) in [6, 6.07) is 12.5. The van der Waals surface area contributed by atoms with E-state index < -0.39 is 0 Å². The van der Waals surface area contributed by atoms with Gasteiger partial charge in [-0.2, -0.15) is 0 Å². The van der Waals surface area contributed by atoms with Crippen LogP contribution in [0.15, 0.2) is 42.5 Å². The lowest BCUT2D eigenvalue weighted by Crippen LogP contribution is -2.06. The number of hydrogen-bond acceptors (Lipinski definition) is 1.